The van der Waals surface area contributed by atoms with E-state index in [9.17, 15) is 4.79 Å². The summed E-state index contributed by atoms with van der Waals surface area (Å²) < 4.78 is 5.26. The number of rotatable bonds is 5. The lowest BCUT2D eigenvalue weighted by Gasteiger charge is -2.30. The maximum absolute atomic E-state index is 12.4. The summed E-state index contributed by atoms with van der Waals surface area (Å²) in [4.78, 5) is 15.6. The van der Waals surface area contributed by atoms with Crippen molar-refractivity contribution in [3.8, 4) is 0 Å². The van der Waals surface area contributed by atoms with Crippen LogP contribution in [-0.2, 0) is 16.1 Å². The molecule has 0 saturated carbocycles. The lowest BCUT2D eigenvalue weighted by Crippen LogP contribution is -2.48. The van der Waals surface area contributed by atoms with Gasteiger partial charge in [0.05, 0.1) is 6.61 Å². The molecule has 1 aliphatic rings. The molecule has 0 aliphatic carbocycles. The van der Waals surface area contributed by atoms with Crippen molar-refractivity contribution in [2.45, 2.75) is 24.9 Å². The van der Waals surface area contributed by atoms with Gasteiger partial charge in [-0.15, -0.1) is 23.1 Å². The van der Waals surface area contributed by atoms with Gasteiger partial charge in [-0.05, 0) is 36.2 Å². The number of hydrogen-bond acceptors (Lipinski definition) is 5. The van der Waals surface area contributed by atoms with Crippen LogP contribution in [0.5, 0.6) is 0 Å². The van der Waals surface area contributed by atoms with E-state index in [1.165, 1.54) is 4.88 Å². The molecule has 2 aromatic rings. The highest BCUT2D eigenvalue weighted by Crippen LogP contribution is 2.43. The molecule has 1 aromatic carbocycles. The maximum Gasteiger partial charge on any atom is 0.329 e. The number of benzene rings is 1. The van der Waals surface area contributed by atoms with Crippen molar-refractivity contribution < 1.29 is 9.53 Å². The minimum absolute atomic E-state index is 0.0465. The second-order valence-electron chi connectivity index (χ2n) is 5.52. The van der Waals surface area contributed by atoms with E-state index < -0.39 is 0 Å². The molecule has 1 fully saturated rings. The minimum Gasteiger partial charge on any atom is -0.464 e. The van der Waals surface area contributed by atoms with Crippen molar-refractivity contribution >= 4 is 46.4 Å². The summed E-state index contributed by atoms with van der Waals surface area (Å²) in [5.41, 5.74) is 1.15. The zero-order valence-electron chi connectivity index (χ0n) is 13.9. The predicted octanol–water partition coefficient (Wildman–Crippen LogP) is 3.80. The Morgan fingerprint density at radius 1 is 1.32 bits per heavy atom. The highest BCUT2D eigenvalue weighted by atomic mass is 32.2. The van der Waals surface area contributed by atoms with Crippen molar-refractivity contribution in [3.63, 3.8) is 0 Å². The van der Waals surface area contributed by atoms with Gasteiger partial charge in [0, 0.05) is 17.2 Å². The minimum atomic E-state index is -0.354. The molecule has 1 saturated heterocycles. The van der Waals surface area contributed by atoms with Crippen LogP contribution in [-0.4, -0.2) is 34.4 Å². The van der Waals surface area contributed by atoms with Crippen molar-refractivity contribution in [1.82, 2.24) is 10.2 Å². The number of hydrogen-bond donors (Lipinski definition) is 1. The highest BCUT2D eigenvalue weighted by molar-refractivity contribution is 8.00. The zero-order chi connectivity index (χ0) is 17.6. The summed E-state index contributed by atoms with van der Waals surface area (Å²) in [6.45, 7) is 2.84. The first-order valence-electron chi connectivity index (χ1n) is 8.12. The molecule has 25 heavy (non-hydrogen) atoms. The zero-order valence-corrected chi connectivity index (χ0v) is 16.3. The smallest absolute Gasteiger partial charge is 0.329 e. The quantitative estimate of drug-likeness (QED) is 0.617. The number of thiocarbonyl (C=S) groups is 1. The van der Waals surface area contributed by atoms with Gasteiger partial charge in [0.15, 0.2) is 5.11 Å². The molecule has 3 rings (SSSR count). The van der Waals surface area contributed by atoms with Crippen LogP contribution in [0.1, 0.15) is 22.7 Å². The summed E-state index contributed by atoms with van der Waals surface area (Å²) in [6.07, 6.45) is 0. The van der Waals surface area contributed by atoms with E-state index in [0.717, 1.165) is 5.56 Å². The molecule has 1 N–H and O–H groups in total. The molecule has 4 nitrogen and oxygen atoms in total. The van der Waals surface area contributed by atoms with Crippen LogP contribution in [0.2, 0.25) is 0 Å². The second-order valence-corrected chi connectivity index (χ2v) is 8.00. The van der Waals surface area contributed by atoms with Crippen LogP contribution in [0.3, 0.4) is 0 Å². The normalized spacial score (nSPS) is 19.6. The lowest BCUT2D eigenvalue weighted by atomic mass is 10.2. The SMILES string of the molecule is CCOC(=O)[C@@H]1CSC(c2cccs2)N1C(=S)NCc1ccccc1. The van der Waals surface area contributed by atoms with Crippen molar-refractivity contribution in [2.24, 2.45) is 0 Å². The molecule has 132 valence electrons. The van der Waals surface area contributed by atoms with Gasteiger partial charge in [0.25, 0.3) is 0 Å². The van der Waals surface area contributed by atoms with Crippen LogP contribution < -0.4 is 5.32 Å². The summed E-state index contributed by atoms with van der Waals surface area (Å²) in [5.74, 6) is 0.465. The van der Waals surface area contributed by atoms with Crippen LogP contribution in [0, 0.1) is 0 Å². The third-order valence-corrected chi connectivity index (χ3v) is 6.60. The molecule has 1 aliphatic heterocycles. The molecule has 0 bridgehead atoms. The summed E-state index contributed by atoms with van der Waals surface area (Å²) >= 11 is 9.05. The molecular formula is C18H20N2O2S3. The Bertz CT molecular complexity index is 706. The molecule has 2 heterocycles. The standard InChI is InChI=1S/C18H20N2O2S3/c1-2-22-17(21)14-12-25-16(15-9-6-10-24-15)20(14)18(23)19-11-13-7-4-3-5-8-13/h3-10,14,16H,2,11-12H2,1H3,(H,19,23)/t14-,16?/m0/s1. The first-order chi connectivity index (χ1) is 12.2. The molecule has 0 radical (unpaired) electrons. The number of nitrogens with one attached hydrogen (secondary N) is 1. The second kappa shape index (κ2) is 8.69. The van der Waals surface area contributed by atoms with Crippen LogP contribution in [0.15, 0.2) is 47.8 Å². The van der Waals surface area contributed by atoms with Gasteiger partial charge in [-0.3, -0.25) is 0 Å². The van der Waals surface area contributed by atoms with Crippen LogP contribution >= 0.6 is 35.3 Å². The number of esters is 1. The van der Waals surface area contributed by atoms with Gasteiger partial charge in [-0.25, -0.2) is 4.79 Å². The summed E-state index contributed by atoms with van der Waals surface area (Å²) in [6, 6.07) is 13.8. The summed E-state index contributed by atoms with van der Waals surface area (Å²) in [7, 11) is 0. The number of thioether (sulfide) groups is 1. The molecule has 2 atom stereocenters. The largest absolute Gasteiger partial charge is 0.464 e. The van der Waals surface area contributed by atoms with Gasteiger partial charge < -0.3 is 15.0 Å². The highest BCUT2D eigenvalue weighted by Gasteiger charge is 2.42. The Hall–Kier alpha value is -1.57. The van der Waals surface area contributed by atoms with Gasteiger partial charge in [0.2, 0.25) is 0 Å². The summed E-state index contributed by atoms with van der Waals surface area (Å²) in [5, 5.41) is 5.98. The lowest BCUT2D eigenvalue weighted by molar-refractivity contribution is -0.147. The Balaban J connectivity index is 1.75. The first kappa shape index (κ1) is 18.2. The third-order valence-electron chi connectivity index (χ3n) is 3.87. The Morgan fingerprint density at radius 3 is 2.80 bits per heavy atom. The van der Waals surface area contributed by atoms with E-state index in [-0.39, 0.29) is 17.4 Å². The Labute approximate surface area is 161 Å². The molecule has 0 amide bonds. The van der Waals surface area contributed by atoms with E-state index in [1.807, 2.05) is 53.6 Å². The fraction of sp³-hybridized carbons (Fsp3) is 0.333. The van der Waals surface area contributed by atoms with Crippen molar-refractivity contribution in [1.29, 1.82) is 0 Å². The Morgan fingerprint density at radius 2 is 2.12 bits per heavy atom. The molecule has 7 heteroatoms. The topological polar surface area (TPSA) is 41.6 Å². The van der Waals surface area contributed by atoms with E-state index in [0.29, 0.717) is 24.0 Å². The van der Waals surface area contributed by atoms with Crippen LogP contribution in [0.4, 0.5) is 0 Å². The van der Waals surface area contributed by atoms with E-state index in [2.05, 4.69) is 11.4 Å². The first-order valence-corrected chi connectivity index (χ1v) is 10.5. The van der Waals surface area contributed by atoms with Crippen LogP contribution in [0.25, 0.3) is 0 Å². The molecule has 1 unspecified atom stereocenters. The van der Waals surface area contributed by atoms with Gasteiger partial charge >= 0.3 is 5.97 Å². The number of carbonyl (C=O) groups excluding carboxylic acids is 1. The fourth-order valence-corrected chi connectivity index (χ4v) is 5.45. The molecule has 0 spiro atoms. The maximum atomic E-state index is 12.4. The average Bonchev–Trinajstić information content (AvgIpc) is 3.29. The average molecular weight is 393 g/mol. The number of thiophene rings is 1. The van der Waals surface area contributed by atoms with E-state index >= 15 is 0 Å². The van der Waals surface area contributed by atoms with Gasteiger partial charge in [-0.2, -0.15) is 0 Å². The Kier molecular flexibility index (Phi) is 6.34. The fourth-order valence-electron chi connectivity index (χ4n) is 2.69. The third kappa shape index (κ3) is 4.34. The number of ether oxygens (including phenoxy) is 1. The number of carbonyl (C=O) groups is 1. The number of nitrogens with zero attached hydrogens (tertiary/aromatic N) is 1. The monoisotopic (exact) mass is 392 g/mol. The van der Waals surface area contributed by atoms with Gasteiger partial charge in [0.1, 0.15) is 11.4 Å². The van der Waals surface area contributed by atoms with Crippen molar-refractivity contribution in [3.05, 3.63) is 58.3 Å². The molecular weight excluding hydrogens is 372 g/mol. The van der Waals surface area contributed by atoms with Gasteiger partial charge in [-0.1, -0.05) is 36.4 Å². The predicted molar refractivity (Wildman–Crippen MR) is 108 cm³/mol. The van der Waals surface area contributed by atoms with Crippen molar-refractivity contribution in [2.75, 3.05) is 12.4 Å². The molecule has 1 aromatic heterocycles. The van der Waals surface area contributed by atoms with E-state index in [1.54, 1.807) is 23.1 Å². The van der Waals surface area contributed by atoms with E-state index in [4.69, 9.17) is 17.0 Å².